The SMILES string of the molecule is COc1ccc(OC)c(NCCC(=O)NCCc2ccc(Cl)cc2)c1. The summed E-state index contributed by atoms with van der Waals surface area (Å²) in [4.78, 5) is 11.9. The molecule has 2 aromatic rings. The topological polar surface area (TPSA) is 59.6 Å². The number of anilines is 1. The highest BCUT2D eigenvalue weighted by Crippen LogP contribution is 2.28. The predicted molar refractivity (Wildman–Crippen MR) is 101 cm³/mol. The number of carbonyl (C=O) groups is 1. The largest absolute Gasteiger partial charge is 0.497 e. The number of methoxy groups -OCH3 is 2. The Morgan fingerprint density at radius 2 is 1.80 bits per heavy atom. The molecule has 134 valence electrons. The molecule has 2 rings (SSSR count). The van der Waals surface area contributed by atoms with Crippen molar-refractivity contribution in [3.05, 3.63) is 53.1 Å². The average Bonchev–Trinajstić information content (AvgIpc) is 2.63. The smallest absolute Gasteiger partial charge is 0.221 e. The van der Waals surface area contributed by atoms with Gasteiger partial charge in [0.15, 0.2) is 0 Å². The van der Waals surface area contributed by atoms with Crippen LogP contribution < -0.4 is 20.1 Å². The van der Waals surface area contributed by atoms with Crippen LogP contribution in [0.15, 0.2) is 42.5 Å². The maximum Gasteiger partial charge on any atom is 0.221 e. The second-order valence-electron chi connectivity index (χ2n) is 5.47. The number of ether oxygens (including phenoxy) is 2. The number of hydrogen-bond acceptors (Lipinski definition) is 4. The van der Waals surface area contributed by atoms with Gasteiger partial charge in [0.2, 0.25) is 5.91 Å². The van der Waals surface area contributed by atoms with Crippen LogP contribution in [0.2, 0.25) is 5.02 Å². The van der Waals surface area contributed by atoms with Gasteiger partial charge >= 0.3 is 0 Å². The zero-order valence-electron chi connectivity index (χ0n) is 14.5. The lowest BCUT2D eigenvalue weighted by Gasteiger charge is -2.12. The molecule has 1 amide bonds. The van der Waals surface area contributed by atoms with E-state index >= 15 is 0 Å². The number of amides is 1. The summed E-state index contributed by atoms with van der Waals surface area (Å²) < 4.78 is 10.5. The van der Waals surface area contributed by atoms with Gasteiger partial charge in [0.05, 0.1) is 19.9 Å². The molecule has 2 N–H and O–H groups in total. The summed E-state index contributed by atoms with van der Waals surface area (Å²) >= 11 is 5.85. The lowest BCUT2D eigenvalue weighted by molar-refractivity contribution is -0.120. The molecule has 0 saturated carbocycles. The van der Waals surface area contributed by atoms with Gasteiger partial charge in [-0.3, -0.25) is 4.79 Å². The van der Waals surface area contributed by atoms with Gasteiger partial charge in [-0.05, 0) is 36.2 Å². The zero-order chi connectivity index (χ0) is 18.1. The molecule has 0 aliphatic heterocycles. The second-order valence-corrected chi connectivity index (χ2v) is 5.91. The molecule has 0 radical (unpaired) electrons. The Balaban J connectivity index is 1.72. The monoisotopic (exact) mass is 362 g/mol. The van der Waals surface area contributed by atoms with E-state index in [-0.39, 0.29) is 5.91 Å². The number of benzene rings is 2. The first-order valence-electron chi connectivity index (χ1n) is 8.09. The molecule has 0 atom stereocenters. The lowest BCUT2D eigenvalue weighted by atomic mass is 10.1. The van der Waals surface area contributed by atoms with Crippen LogP contribution in [0.25, 0.3) is 0 Å². The van der Waals surface area contributed by atoms with Crippen molar-refractivity contribution in [2.24, 2.45) is 0 Å². The molecular weight excluding hydrogens is 340 g/mol. The van der Waals surface area contributed by atoms with E-state index in [9.17, 15) is 4.79 Å². The molecule has 0 saturated heterocycles. The number of halogens is 1. The van der Waals surface area contributed by atoms with Crippen LogP contribution in [0.1, 0.15) is 12.0 Å². The quantitative estimate of drug-likeness (QED) is 0.716. The summed E-state index contributed by atoms with van der Waals surface area (Å²) in [6.07, 6.45) is 1.15. The minimum atomic E-state index is 0.00308. The fourth-order valence-electron chi connectivity index (χ4n) is 2.35. The molecule has 6 heteroatoms. The van der Waals surface area contributed by atoms with E-state index in [4.69, 9.17) is 21.1 Å². The highest BCUT2D eigenvalue weighted by Gasteiger charge is 2.06. The van der Waals surface area contributed by atoms with Gasteiger partial charge in [-0.25, -0.2) is 0 Å². The molecule has 25 heavy (non-hydrogen) atoms. The maximum absolute atomic E-state index is 11.9. The van der Waals surface area contributed by atoms with Gasteiger partial charge in [-0.2, -0.15) is 0 Å². The summed E-state index contributed by atoms with van der Waals surface area (Å²) in [5.74, 6) is 1.45. The van der Waals surface area contributed by atoms with Crippen LogP contribution in [0.5, 0.6) is 11.5 Å². The highest BCUT2D eigenvalue weighted by atomic mass is 35.5. The summed E-state index contributed by atoms with van der Waals surface area (Å²) in [6, 6.07) is 13.1. The highest BCUT2D eigenvalue weighted by molar-refractivity contribution is 6.30. The number of hydrogen-bond donors (Lipinski definition) is 2. The molecule has 0 unspecified atom stereocenters. The summed E-state index contributed by atoms with van der Waals surface area (Å²) in [6.45, 7) is 1.11. The van der Waals surface area contributed by atoms with E-state index in [1.54, 1.807) is 14.2 Å². The molecule has 5 nitrogen and oxygen atoms in total. The van der Waals surface area contributed by atoms with Crippen LogP contribution in [0.3, 0.4) is 0 Å². The molecule has 0 aromatic heterocycles. The number of carbonyl (C=O) groups excluding carboxylic acids is 1. The maximum atomic E-state index is 11.9. The Hall–Kier alpha value is -2.40. The summed E-state index contributed by atoms with van der Waals surface area (Å²) in [5, 5.41) is 6.83. The van der Waals surface area contributed by atoms with E-state index in [1.807, 2.05) is 42.5 Å². The molecule has 0 fully saturated rings. The molecule has 0 bridgehead atoms. The van der Waals surface area contributed by atoms with E-state index in [0.29, 0.717) is 30.3 Å². The van der Waals surface area contributed by atoms with Crippen LogP contribution >= 0.6 is 11.6 Å². The fourth-order valence-corrected chi connectivity index (χ4v) is 2.47. The Bertz CT molecular complexity index is 690. The van der Waals surface area contributed by atoms with Gasteiger partial charge in [0.1, 0.15) is 11.5 Å². The molecular formula is C19H23ClN2O3. The molecule has 0 spiro atoms. The summed E-state index contributed by atoms with van der Waals surface area (Å²) in [7, 11) is 3.22. The first-order valence-corrected chi connectivity index (χ1v) is 8.47. The van der Waals surface area contributed by atoms with Crippen molar-refractivity contribution >= 4 is 23.2 Å². The molecule has 0 heterocycles. The van der Waals surface area contributed by atoms with Gasteiger partial charge in [-0.15, -0.1) is 0 Å². The zero-order valence-corrected chi connectivity index (χ0v) is 15.2. The van der Waals surface area contributed by atoms with Gasteiger partial charge in [0.25, 0.3) is 0 Å². The normalized spacial score (nSPS) is 10.2. The van der Waals surface area contributed by atoms with Crippen molar-refractivity contribution in [3.63, 3.8) is 0 Å². The van der Waals surface area contributed by atoms with Crippen molar-refractivity contribution in [3.8, 4) is 11.5 Å². The lowest BCUT2D eigenvalue weighted by Crippen LogP contribution is -2.27. The molecule has 2 aromatic carbocycles. The average molecular weight is 363 g/mol. The van der Waals surface area contributed by atoms with Gasteiger partial charge in [-0.1, -0.05) is 23.7 Å². The Morgan fingerprint density at radius 3 is 2.48 bits per heavy atom. The van der Waals surface area contributed by atoms with Crippen LogP contribution in [0.4, 0.5) is 5.69 Å². The Kier molecular flexibility index (Phi) is 7.41. The van der Waals surface area contributed by atoms with Crippen LogP contribution in [-0.2, 0) is 11.2 Å². The standard InChI is InChI=1S/C19H23ClN2O3/c1-24-16-7-8-18(25-2)17(13-16)21-12-10-19(23)22-11-9-14-3-5-15(20)6-4-14/h3-8,13,21H,9-12H2,1-2H3,(H,22,23). The van der Waals surface area contributed by atoms with Crippen LogP contribution in [-0.4, -0.2) is 33.2 Å². The van der Waals surface area contributed by atoms with Crippen molar-refractivity contribution in [2.75, 3.05) is 32.6 Å². The first-order chi connectivity index (χ1) is 12.1. The Morgan fingerprint density at radius 1 is 1.04 bits per heavy atom. The molecule has 0 aliphatic carbocycles. The van der Waals surface area contributed by atoms with Crippen molar-refractivity contribution < 1.29 is 14.3 Å². The van der Waals surface area contributed by atoms with Crippen LogP contribution in [0, 0.1) is 0 Å². The number of nitrogens with one attached hydrogen (secondary N) is 2. The third-order valence-electron chi connectivity index (χ3n) is 3.72. The second kappa shape index (κ2) is 9.79. The minimum absolute atomic E-state index is 0.00308. The van der Waals surface area contributed by atoms with Gasteiger partial charge < -0.3 is 20.1 Å². The van der Waals surface area contributed by atoms with E-state index in [2.05, 4.69) is 10.6 Å². The third-order valence-corrected chi connectivity index (χ3v) is 3.98. The van der Waals surface area contributed by atoms with E-state index < -0.39 is 0 Å². The van der Waals surface area contributed by atoms with E-state index in [0.717, 1.165) is 23.4 Å². The summed E-state index contributed by atoms with van der Waals surface area (Å²) in [5.41, 5.74) is 1.94. The Labute approximate surface area is 153 Å². The molecule has 0 aliphatic rings. The number of rotatable bonds is 9. The van der Waals surface area contributed by atoms with Gasteiger partial charge in [0, 0.05) is 30.6 Å². The fraction of sp³-hybridized carbons (Fsp3) is 0.316. The first kappa shape index (κ1) is 18.9. The van der Waals surface area contributed by atoms with E-state index in [1.165, 1.54) is 0 Å². The minimum Gasteiger partial charge on any atom is -0.497 e. The van der Waals surface area contributed by atoms with Crippen molar-refractivity contribution in [1.82, 2.24) is 5.32 Å². The van der Waals surface area contributed by atoms with Crippen molar-refractivity contribution in [1.29, 1.82) is 0 Å². The predicted octanol–water partition coefficient (Wildman–Crippen LogP) is 3.52. The third kappa shape index (κ3) is 6.19. The van der Waals surface area contributed by atoms with Crippen molar-refractivity contribution in [2.45, 2.75) is 12.8 Å².